The third-order valence-electron chi connectivity index (χ3n) is 3.94. The van der Waals surface area contributed by atoms with Crippen LogP contribution in [0.15, 0.2) is 28.3 Å². The maximum absolute atomic E-state index is 12.7. The van der Waals surface area contributed by atoms with Gasteiger partial charge in [0.1, 0.15) is 6.17 Å². The second-order valence-corrected chi connectivity index (χ2v) is 7.19. The topological polar surface area (TPSA) is 32.3 Å². The Bertz CT molecular complexity index is 606. The van der Waals surface area contributed by atoms with E-state index in [2.05, 4.69) is 41.4 Å². The van der Waals surface area contributed by atoms with Gasteiger partial charge in [-0.25, -0.2) is 0 Å². The van der Waals surface area contributed by atoms with E-state index in [9.17, 15) is 4.79 Å². The van der Waals surface area contributed by atoms with E-state index >= 15 is 0 Å². The van der Waals surface area contributed by atoms with Crippen molar-refractivity contribution in [3.8, 4) is 0 Å². The Labute approximate surface area is 133 Å². The molecule has 1 aliphatic rings. The van der Waals surface area contributed by atoms with Crippen molar-refractivity contribution in [1.29, 1.82) is 0 Å². The first-order valence-electron chi connectivity index (χ1n) is 7.32. The predicted molar refractivity (Wildman–Crippen MR) is 88.5 cm³/mol. The first kappa shape index (κ1) is 14.8. The van der Waals surface area contributed by atoms with Gasteiger partial charge in [-0.1, -0.05) is 19.4 Å². The van der Waals surface area contributed by atoms with Crippen molar-refractivity contribution < 1.29 is 4.79 Å². The summed E-state index contributed by atoms with van der Waals surface area (Å²) in [6, 6.07) is 4.12. The quantitative estimate of drug-likeness (QED) is 0.905. The Morgan fingerprint density at radius 2 is 2.24 bits per heavy atom. The molecule has 3 heterocycles. The van der Waals surface area contributed by atoms with Crippen LogP contribution < -0.4 is 5.32 Å². The highest BCUT2D eigenvalue weighted by Gasteiger charge is 2.39. The summed E-state index contributed by atoms with van der Waals surface area (Å²) in [5, 5.41) is 9.89. The van der Waals surface area contributed by atoms with Gasteiger partial charge in [-0.15, -0.1) is 11.3 Å². The minimum Gasteiger partial charge on any atom is -0.316 e. The number of nitrogens with zero attached hydrogens (tertiary/aromatic N) is 1. The number of nitrogens with one attached hydrogen (secondary N) is 1. The molecular formula is C16H20N2OS2. The first-order chi connectivity index (χ1) is 10.2. The van der Waals surface area contributed by atoms with Crippen molar-refractivity contribution in [2.75, 3.05) is 0 Å². The molecule has 112 valence electrons. The van der Waals surface area contributed by atoms with Crippen LogP contribution in [0.2, 0.25) is 0 Å². The number of carbonyl (C=O) groups is 1. The van der Waals surface area contributed by atoms with Crippen molar-refractivity contribution in [1.82, 2.24) is 10.2 Å². The molecule has 1 N–H and O–H groups in total. The molecule has 0 spiro atoms. The minimum absolute atomic E-state index is 0.0216. The fourth-order valence-corrected chi connectivity index (χ4v) is 4.40. The van der Waals surface area contributed by atoms with Crippen molar-refractivity contribution in [3.63, 3.8) is 0 Å². The van der Waals surface area contributed by atoms with Gasteiger partial charge in [0.2, 0.25) is 5.91 Å². The van der Waals surface area contributed by atoms with E-state index in [0.29, 0.717) is 6.54 Å². The highest BCUT2D eigenvalue weighted by molar-refractivity contribution is 7.10. The Morgan fingerprint density at radius 3 is 2.86 bits per heavy atom. The van der Waals surface area contributed by atoms with E-state index in [-0.39, 0.29) is 18.1 Å². The van der Waals surface area contributed by atoms with Crippen LogP contribution in [0, 0.1) is 6.92 Å². The van der Waals surface area contributed by atoms with Crippen LogP contribution in [-0.4, -0.2) is 16.8 Å². The molecular weight excluding hydrogens is 300 g/mol. The molecule has 2 atom stereocenters. The number of aryl methyl sites for hydroxylation is 1. The Kier molecular flexibility index (Phi) is 4.42. The summed E-state index contributed by atoms with van der Waals surface area (Å²) >= 11 is 3.41. The normalized spacial score (nSPS) is 22.2. The molecule has 1 saturated heterocycles. The monoisotopic (exact) mass is 320 g/mol. The Morgan fingerprint density at radius 1 is 1.38 bits per heavy atom. The number of thiophene rings is 2. The summed E-state index contributed by atoms with van der Waals surface area (Å²) < 4.78 is 0. The van der Waals surface area contributed by atoms with Gasteiger partial charge in [-0.3, -0.25) is 10.1 Å². The SMILES string of the molecule is CCCC1NC(c2cccs2)N(Cc2cscc2C)C1=O. The summed E-state index contributed by atoms with van der Waals surface area (Å²) in [5.41, 5.74) is 2.53. The van der Waals surface area contributed by atoms with Gasteiger partial charge in [0.25, 0.3) is 0 Å². The third-order valence-corrected chi connectivity index (χ3v) is 5.78. The van der Waals surface area contributed by atoms with Crippen molar-refractivity contribution in [3.05, 3.63) is 44.3 Å². The van der Waals surface area contributed by atoms with Crippen LogP contribution in [0.1, 0.15) is 41.9 Å². The molecule has 0 bridgehead atoms. The van der Waals surface area contributed by atoms with Crippen LogP contribution in [-0.2, 0) is 11.3 Å². The van der Waals surface area contributed by atoms with Crippen molar-refractivity contribution >= 4 is 28.6 Å². The fourth-order valence-electron chi connectivity index (χ4n) is 2.76. The molecule has 1 amide bonds. The second kappa shape index (κ2) is 6.30. The van der Waals surface area contributed by atoms with Gasteiger partial charge in [-0.2, -0.15) is 11.3 Å². The molecule has 2 aromatic heterocycles. The van der Waals surface area contributed by atoms with E-state index in [0.717, 1.165) is 12.8 Å². The zero-order valence-corrected chi connectivity index (χ0v) is 14.0. The summed E-state index contributed by atoms with van der Waals surface area (Å²) in [5.74, 6) is 0.237. The molecule has 0 saturated carbocycles. The van der Waals surface area contributed by atoms with E-state index in [4.69, 9.17) is 0 Å². The first-order valence-corrected chi connectivity index (χ1v) is 9.14. The van der Waals surface area contributed by atoms with Crippen LogP contribution in [0.25, 0.3) is 0 Å². The lowest BCUT2D eigenvalue weighted by Gasteiger charge is -2.23. The lowest BCUT2D eigenvalue weighted by molar-refractivity contribution is -0.130. The summed E-state index contributed by atoms with van der Waals surface area (Å²) in [7, 11) is 0. The standard InChI is InChI=1S/C16H20N2OS2/c1-3-5-13-16(19)18(8-12-10-20-9-11(12)2)15(17-13)14-6-4-7-21-14/h4,6-7,9-10,13,15,17H,3,5,8H2,1-2H3. The molecule has 0 aliphatic carbocycles. The maximum atomic E-state index is 12.7. The smallest absolute Gasteiger partial charge is 0.241 e. The number of hydrogen-bond donors (Lipinski definition) is 1. The van der Waals surface area contributed by atoms with Gasteiger partial charge in [0, 0.05) is 11.4 Å². The predicted octanol–water partition coefficient (Wildman–Crippen LogP) is 3.92. The van der Waals surface area contributed by atoms with E-state index in [1.54, 1.807) is 22.7 Å². The van der Waals surface area contributed by atoms with Crippen LogP contribution in [0.3, 0.4) is 0 Å². The molecule has 21 heavy (non-hydrogen) atoms. The molecule has 0 aromatic carbocycles. The second-order valence-electron chi connectivity index (χ2n) is 5.47. The summed E-state index contributed by atoms with van der Waals surface area (Å²) in [6.45, 7) is 4.94. The number of hydrogen-bond acceptors (Lipinski definition) is 4. The average molecular weight is 320 g/mol. The van der Waals surface area contributed by atoms with E-state index in [1.165, 1.54) is 16.0 Å². The van der Waals surface area contributed by atoms with Gasteiger partial charge in [0.05, 0.1) is 6.04 Å². The molecule has 3 rings (SSSR count). The molecule has 0 radical (unpaired) electrons. The lowest BCUT2D eigenvalue weighted by atomic mass is 10.1. The molecule has 1 fully saturated rings. The van der Waals surface area contributed by atoms with Crippen LogP contribution in [0.5, 0.6) is 0 Å². The van der Waals surface area contributed by atoms with Gasteiger partial charge < -0.3 is 4.90 Å². The maximum Gasteiger partial charge on any atom is 0.241 e. The van der Waals surface area contributed by atoms with Gasteiger partial charge in [0.15, 0.2) is 0 Å². The zero-order valence-electron chi connectivity index (χ0n) is 12.3. The molecule has 5 heteroatoms. The van der Waals surface area contributed by atoms with Crippen molar-refractivity contribution in [2.45, 2.75) is 45.4 Å². The molecule has 3 nitrogen and oxygen atoms in total. The minimum atomic E-state index is -0.0407. The molecule has 1 aliphatic heterocycles. The summed E-state index contributed by atoms with van der Waals surface area (Å²) in [4.78, 5) is 15.9. The van der Waals surface area contributed by atoms with Crippen molar-refractivity contribution in [2.24, 2.45) is 0 Å². The van der Waals surface area contributed by atoms with E-state index < -0.39 is 0 Å². The number of rotatable bonds is 5. The zero-order chi connectivity index (χ0) is 14.8. The highest BCUT2D eigenvalue weighted by Crippen LogP contribution is 2.32. The Hall–Kier alpha value is -1.17. The lowest BCUT2D eigenvalue weighted by Crippen LogP contribution is -2.30. The fraction of sp³-hybridized carbons (Fsp3) is 0.438. The third kappa shape index (κ3) is 2.91. The Balaban J connectivity index is 1.86. The van der Waals surface area contributed by atoms with Gasteiger partial charge >= 0.3 is 0 Å². The number of amides is 1. The molecule has 2 unspecified atom stereocenters. The largest absolute Gasteiger partial charge is 0.316 e. The molecule has 2 aromatic rings. The van der Waals surface area contributed by atoms with Gasteiger partial charge in [-0.05, 0) is 46.7 Å². The summed E-state index contributed by atoms with van der Waals surface area (Å²) in [6.07, 6.45) is 1.94. The van der Waals surface area contributed by atoms with Crippen LogP contribution >= 0.6 is 22.7 Å². The number of carbonyl (C=O) groups excluding carboxylic acids is 1. The average Bonchev–Trinajstić information content (AvgIpc) is 3.17. The van der Waals surface area contributed by atoms with Crippen LogP contribution in [0.4, 0.5) is 0 Å². The highest BCUT2D eigenvalue weighted by atomic mass is 32.1. The van der Waals surface area contributed by atoms with E-state index in [1.807, 2.05) is 11.0 Å².